The van der Waals surface area contributed by atoms with E-state index in [4.69, 9.17) is 12.2 Å². The molecule has 1 amide bonds. The smallest absolute Gasteiger partial charge is 0.290 e. The second-order valence-electron chi connectivity index (χ2n) is 6.35. The average Bonchev–Trinajstić information content (AvgIpc) is 2.66. The summed E-state index contributed by atoms with van der Waals surface area (Å²) in [5, 5.41) is 8.46. The van der Waals surface area contributed by atoms with Crippen molar-refractivity contribution in [2.75, 3.05) is 6.54 Å². The highest BCUT2D eigenvalue weighted by molar-refractivity contribution is 7.80. The summed E-state index contributed by atoms with van der Waals surface area (Å²) in [7, 11) is 0. The normalized spacial score (nSPS) is 10.4. The molecule has 27 heavy (non-hydrogen) atoms. The van der Waals surface area contributed by atoms with E-state index in [0.29, 0.717) is 23.9 Å². The molecule has 7 nitrogen and oxygen atoms in total. The second-order valence-corrected chi connectivity index (χ2v) is 6.76. The van der Waals surface area contributed by atoms with Crippen molar-refractivity contribution < 1.29 is 4.79 Å². The minimum Gasteiger partial charge on any atom is -0.358 e. The fourth-order valence-electron chi connectivity index (χ4n) is 2.51. The van der Waals surface area contributed by atoms with Gasteiger partial charge in [0.15, 0.2) is 10.8 Å². The van der Waals surface area contributed by atoms with E-state index >= 15 is 0 Å². The topological polar surface area (TPSA) is 88.0 Å². The molecule has 8 heteroatoms. The van der Waals surface area contributed by atoms with E-state index < -0.39 is 5.91 Å². The number of benzene rings is 1. The van der Waals surface area contributed by atoms with Crippen LogP contribution in [0, 0.1) is 0 Å². The maximum atomic E-state index is 12.6. The largest absolute Gasteiger partial charge is 0.358 e. The van der Waals surface area contributed by atoms with E-state index in [9.17, 15) is 9.59 Å². The number of hydrazine groups is 1. The Bertz CT molecular complexity index is 907. The number of nitrogens with one attached hydrogen (secondary N) is 3. The number of fused-ring (bicyclic) bond motifs is 1. The van der Waals surface area contributed by atoms with Gasteiger partial charge in [-0.05, 0) is 31.6 Å². The SMILES string of the molecule is C=C(C)CNC(=S)NNC(=O)c1nn(CCCCC)c(=O)c2ccccc12. The van der Waals surface area contributed by atoms with E-state index in [1.165, 1.54) is 4.68 Å². The van der Waals surface area contributed by atoms with E-state index in [0.717, 1.165) is 24.8 Å². The summed E-state index contributed by atoms with van der Waals surface area (Å²) >= 11 is 5.10. The molecule has 0 aliphatic rings. The van der Waals surface area contributed by atoms with E-state index in [1.807, 2.05) is 6.92 Å². The molecule has 1 heterocycles. The Labute approximate surface area is 163 Å². The summed E-state index contributed by atoms with van der Waals surface area (Å²) in [6, 6.07) is 6.97. The van der Waals surface area contributed by atoms with Crippen LogP contribution >= 0.6 is 12.2 Å². The van der Waals surface area contributed by atoms with Crippen LogP contribution in [0.4, 0.5) is 0 Å². The number of nitrogens with zero attached hydrogens (tertiary/aromatic N) is 2. The minimum absolute atomic E-state index is 0.178. The monoisotopic (exact) mass is 387 g/mol. The van der Waals surface area contributed by atoms with Crippen molar-refractivity contribution in [1.82, 2.24) is 25.9 Å². The lowest BCUT2D eigenvalue weighted by atomic mass is 10.1. The molecule has 0 radical (unpaired) electrons. The lowest BCUT2D eigenvalue weighted by molar-refractivity contribution is 0.0938. The van der Waals surface area contributed by atoms with Crippen molar-refractivity contribution in [3.63, 3.8) is 0 Å². The number of aromatic nitrogens is 2. The van der Waals surface area contributed by atoms with Crippen LogP contribution in [-0.2, 0) is 6.54 Å². The summed E-state index contributed by atoms with van der Waals surface area (Å²) < 4.78 is 1.37. The Morgan fingerprint density at radius 3 is 2.59 bits per heavy atom. The molecule has 0 unspecified atom stereocenters. The molecular weight excluding hydrogens is 362 g/mol. The lowest BCUT2D eigenvalue weighted by Gasteiger charge is -2.13. The third-order valence-corrected chi connectivity index (χ3v) is 4.14. The van der Waals surface area contributed by atoms with Crippen molar-refractivity contribution in [2.24, 2.45) is 0 Å². The highest BCUT2D eigenvalue weighted by atomic mass is 32.1. The number of rotatable bonds is 7. The molecular formula is C19H25N5O2S. The zero-order chi connectivity index (χ0) is 19.8. The van der Waals surface area contributed by atoms with Crippen LogP contribution in [-0.4, -0.2) is 27.3 Å². The second kappa shape index (κ2) is 9.82. The number of hydrogen-bond acceptors (Lipinski definition) is 4. The van der Waals surface area contributed by atoms with E-state index in [-0.39, 0.29) is 16.4 Å². The molecule has 2 rings (SSSR count). The molecule has 0 atom stereocenters. The molecule has 2 aromatic rings. The predicted molar refractivity (Wildman–Crippen MR) is 112 cm³/mol. The Morgan fingerprint density at radius 1 is 1.22 bits per heavy atom. The van der Waals surface area contributed by atoms with Crippen LogP contribution in [0.15, 0.2) is 41.2 Å². The van der Waals surface area contributed by atoms with Gasteiger partial charge in [-0.25, -0.2) is 4.68 Å². The maximum Gasteiger partial charge on any atom is 0.290 e. The van der Waals surface area contributed by atoms with Crippen LogP contribution in [0.3, 0.4) is 0 Å². The summed E-state index contributed by atoms with van der Waals surface area (Å²) in [5.74, 6) is -0.463. The minimum atomic E-state index is -0.463. The summed E-state index contributed by atoms with van der Waals surface area (Å²) in [6.07, 6.45) is 2.86. The van der Waals surface area contributed by atoms with Gasteiger partial charge in [0.25, 0.3) is 11.5 Å². The molecule has 0 aliphatic heterocycles. The van der Waals surface area contributed by atoms with Gasteiger partial charge in [0.1, 0.15) is 0 Å². The molecule has 0 saturated heterocycles. The standard InChI is InChI=1S/C19H25N5O2S/c1-4-5-8-11-24-18(26)15-10-7-6-9-14(15)16(23-24)17(25)21-22-19(27)20-12-13(2)3/h6-7,9-10H,2,4-5,8,11-12H2,1,3H3,(H,21,25)(H2,20,22,27). The van der Waals surface area contributed by atoms with Gasteiger partial charge in [-0.15, -0.1) is 0 Å². The molecule has 144 valence electrons. The first-order valence-electron chi connectivity index (χ1n) is 8.92. The van der Waals surface area contributed by atoms with Gasteiger partial charge in [-0.1, -0.05) is 50.1 Å². The third-order valence-electron chi connectivity index (χ3n) is 3.90. The fourth-order valence-corrected chi connectivity index (χ4v) is 2.64. The van der Waals surface area contributed by atoms with Crippen molar-refractivity contribution in [3.8, 4) is 0 Å². The molecule has 0 saturated carbocycles. The first-order valence-corrected chi connectivity index (χ1v) is 9.33. The summed E-state index contributed by atoms with van der Waals surface area (Å²) in [4.78, 5) is 25.3. The number of unbranched alkanes of at least 4 members (excludes halogenated alkanes) is 2. The number of amides is 1. The van der Waals surface area contributed by atoms with Crippen molar-refractivity contribution in [2.45, 2.75) is 39.7 Å². The van der Waals surface area contributed by atoms with Crippen LogP contribution in [0.5, 0.6) is 0 Å². The molecule has 0 fully saturated rings. The maximum absolute atomic E-state index is 12.6. The van der Waals surface area contributed by atoms with Gasteiger partial charge in [0.05, 0.1) is 5.39 Å². The lowest BCUT2D eigenvalue weighted by Crippen LogP contribution is -2.47. The summed E-state index contributed by atoms with van der Waals surface area (Å²) in [5.41, 5.74) is 6.07. The van der Waals surface area contributed by atoms with Gasteiger partial charge < -0.3 is 5.32 Å². The van der Waals surface area contributed by atoms with Crippen molar-refractivity contribution >= 4 is 34.0 Å². The number of aryl methyl sites for hydroxylation is 1. The highest BCUT2D eigenvalue weighted by Crippen LogP contribution is 2.13. The van der Waals surface area contributed by atoms with E-state index in [1.54, 1.807) is 24.3 Å². The Kier molecular flexibility index (Phi) is 7.48. The van der Waals surface area contributed by atoms with Crippen LogP contribution in [0.25, 0.3) is 10.8 Å². The summed E-state index contributed by atoms with van der Waals surface area (Å²) in [6.45, 7) is 8.71. The molecule has 1 aromatic heterocycles. The Hall–Kier alpha value is -2.74. The van der Waals surface area contributed by atoms with Crippen molar-refractivity contribution in [3.05, 3.63) is 52.5 Å². The van der Waals surface area contributed by atoms with Gasteiger partial charge in [-0.3, -0.25) is 20.4 Å². The zero-order valence-corrected chi connectivity index (χ0v) is 16.5. The zero-order valence-electron chi connectivity index (χ0n) is 15.7. The van der Waals surface area contributed by atoms with Gasteiger partial charge in [-0.2, -0.15) is 5.10 Å². The average molecular weight is 388 g/mol. The van der Waals surface area contributed by atoms with Gasteiger partial charge in [0, 0.05) is 18.5 Å². The molecule has 3 N–H and O–H groups in total. The quantitative estimate of drug-likeness (QED) is 0.292. The molecule has 0 bridgehead atoms. The van der Waals surface area contributed by atoms with Crippen LogP contribution in [0.1, 0.15) is 43.6 Å². The van der Waals surface area contributed by atoms with E-state index in [2.05, 4.69) is 34.8 Å². The molecule has 1 aromatic carbocycles. The van der Waals surface area contributed by atoms with Gasteiger partial charge in [0.2, 0.25) is 0 Å². The molecule has 0 spiro atoms. The van der Waals surface area contributed by atoms with Crippen molar-refractivity contribution in [1.29, 1.82) is 0 Å². The first kappa shape index (κ1) is 20.6. The number of carbonyl (C=O) groups is 1. The number of hydrogen-bond donors (Lipinski definition) is 3. The predicted octanol–water partition coefficient (Wildman–Crippen LogP) is 2.27. The number of carbonyl (C=O) groups excluding carboxylic acids is 1. The third kappa shape index (κ3) is 5.62. The first-order chi connectivity index (χ1) is 12.9. The Balaban J connectivity index is 2.23. The highest BCUT2D eigenvalue weighted by Gasteiger charge is 2.16. The molecule has 0 aliphatic carbocycles. The van der Waals surface area contributed by atoms with Crippen LogP contribution in [0.2, 0.25) is 0 Å². The Morgan fingerprint density at radius 2 is 1.93 bits per heavy atom. The number of thiocarbonyl (C=S) groups is 1. The fraction of sp³-hybridized carbons (Fsp3) is 0.368. The van der Waals surface area contributed by atoms with Crippen LogP contribution < -0.4 is 21.7 Å². The van der Waals surface area contributed by atoms with Gasteiger partial charge >= 0.3 is 0 Å².